The lowest BCUT2D eigenvalue weighted by Crippen LogP contribution is -2.51. The summed E-state index contributed by atoms with van der Waals surface area (Å²) in [4.78, 5) is 0. The van der Waals surface area contributed by atoms with Gasteiger partial charge in [0.1, 0.15) is 0 Å². The second-order valence-corrected chi connectivity index (χ2v) is 12.2. The van der Waals surface area contributed by atoms with Gasteiger partial charge in [-0.25, -0.2) is 0 Å². The minimum Gasteiger partial charge on any atom is -0.396 e. The summed E-state index contributed by atoms with van der Waals surface area (Å²) in [5.74, 6) is 4.49. The van der Waals surface area contributed by atoms with Crippen LogP contribution in [0.5, 0.6) is 0 Å². The Bertz CT molecular complexity index is 610. The van der Waals surface area contributed by atoms with E-state index in [4.69, 9.17) is 0 Å². The van der Waals surface area contributed by atoms with Crippen molar-refractivity contribution in [2.75, 3.05) is 6.61 Å². The lowest BCUT2D eigenvalue weighted by Gasteiger charge is -2.58. The SMILES string of the molecule is CC(C)CCC[C@@H](CO)[C@H]1CC[C@H]2[C@@H]3CC=C4C[C@@H](O)CC[C@]4(C)[C@H]3CC[C@]12C. The van der Waals surface area contributed by atoms with E-state index in [1.165, 1.54) is 57.8 Å². The summed E-state index contributed by atoms with van der Waals surface area (Å²) in [5, 5.41) is 20.5. The standard InChI is InChI=1S/C27H46O2/c1-18(2)6-5-7-19(17-28)23-10-11-24-22-9-8-20-16-21(29)12-14-26(20,3)25(22)13-15-27(23,24)4/h8,18-19,21-25,28-29H,5-7,9-17H2,1-4H3/t19-,21-,22-,23+,24-,25-,26-,27+/m0/s1. The molecule has 8 atom stereocenters. The van der Waals surface area contributed by atoms with Gasteiger partial charge in [-0.3, -0.25) is 0 Å². The van der Waals surface area contributed by atoms with E-state index < -0.39 is 0 Å². The number of hydrogen-bond donors (Lipinski definition) is 2. The Morgan fingerprint density at radius 1 is 1.03 bits per heavy atom. The minimum atomic E-state index is -0.105. The van der Waals surface area contributed by atoms with Crippen LogP contribution in [0.25, 0.3) is 0 Å². The van der Waals surface area contributed by atoms with Crippen molar-refractivity contribution in [2.45, 2.75) is 104 Å². The molecule has 0 aromatic heterocycles. The van der Waals surface area contributed by atoms with Gasteiger partial charge in [0.05, 0.1) is 6.10 Å². The molecule has 0 unspecified atom stereocenters. The molecule has 4 rings (SSSR count). The van der Waals surface area contributed by atoms with E-state index >= 15 is 0 Å². The lowest BCUT2D eigenvalue weighted by molar-refractivity contribution is -0.0623. The zero-order valence-corrected chi connectivity index (χ0v) is 19.5. The van der Waals surface area contributed by atoms with Gasteiger partial charge in [-0.1, -0.05) is 52.2 Å². The van der Waals surface area contributed by atoms with Crippen LogP contribution in [0.1, 0.15) is 98.3 Å². The first-order valence-corrected chi connectivity index (χ1v) is 12.8. The lowest BCUT2D eigenvalue weighted by atomic mass is 9.47. The molecule has 0 spiro atoms. The maximum atomic E-state index is 10.3. The number of aliphatic hydroxyl groups is 2. The fourth-order valence-electron chi connectivity index (χ4n) is 8.66. The molecule has 3 saturated carbocycles. The molecule has 0 bridgehead atoms. The molecule has 29 heavy (non-hydrogen) atoms. The first-order valence-electron chi connectivity index (χ1n) is 12.8. The van der Waals surface area contributed by atoms with Gasteiger partial charge in [0.2, 0.25) is 0 Å². The summed E-state index contributed by atoms with van der Waals surface area (Å²) in [6.07, 6.45) is 16.0. The van der Waals surface area contributed by atoms with Crippen molar-refractivity contribution < 1.29 is 10.2 Å². The number of rotatable bonds is 6. The molecule has 4 aliphatic rings. The molecule has 166 valence electrons. The molecule has 0 aliphatic heterocycles. The number of allylic oxidation sites excluding steroid dienone is 1. The van der Waals surface area contributed by atoms with E-state index in [1.54, 1.807) is 5.57 Å². The Morgan fingerprint density at radius 2 is 1.83 bits per heavy atom. The van der Waals surface area contributed by atoms with Crippen molar-refractivity contribution in [3.8, 4) is 0 Å². The van der Waals surface area contributed by atoms with E-state index in [-0.39, 0.29) is 6.10 Å². The van der Waals surface area contributed by atoms with Gasteiger partial charge in [-0.2, -0.15) is 0 Å². The first kappa shape index (κ1) is 21.9. The van der Waals surface area contributed by atoms with Crippen LogP contribution >= 0.6 is 0 Å². The Morgan fingerprint density at radius 3 is 2.55 bits per heavy atom. The largest absolute Gasteiger partial charge is 0.396 e. The van der Waals surface area contributed by atoms with E-state index in [2.05, 4.69) is 33.8 Å². The number of aliphatic hydroxyl groups excluding tert-OH is 2. The van der Waals surface area contributed by atoms with E-state index in [0.717, 1.165) is 42.4 Å². The molecule has 0 heterocycles. The van der Waals surface area contributed by atoms with Crippen LogP contribution in [-0.4, -0.2) is 22.9 Å². The summed E-state index contributed by atoms with van der Waals surface area (Å²) >= 11 is 0. The molecule has 2 heteroatoms. The van der Waals surface area contributed by atoms with Crippen molar-refractivity contribution >= 4 is 0 Å². The molecule has 3 fully saturated rings. The number of hydrogen-bond acceptors (Lipinski definition) is 2. The zero-order valence-electron chi connectivity index (χ0n) is 19.5. The van der Waals surface area contributed by atoms with Crippen LogP contribution in [0.15, 0.2) is 11.6 Å². The van der Waals surface area contributed by atoms with E-state index in [0.29, 0.717) is 23.4 Å². The molecule has 4 aliphatic carbocycles. The fraction of sp³-hybridized carbons (Fsp3) is 0.926. The highest BCUT2D eigenvalue weighted by Crippen LogP contribution is 2.67. The summed E-state index contributed by atoms with van der Waals surface area (Å²) in [6.45, 7) is 10.1. The quantitative estimate of drug-likeness (QED) is 0.507. The Kier molecular flexibility index (Phi) is 6.26. The molecule has 0 saturated heterocycles. The second kappa shape index (κ2) is 8.30. The van der Waals surface area contributed by atoms with E-state index in [1.807, 2.05) is 0 Å². The van der Waals surface area contributed by atoms with Crippen molar-refractivity contribution in [2.24, 2.45) is 46.3 Å². The smallest absolute Gasteiger partial charge is 0.0577 e. The van der Waals surface area contributed by atoms with Crippen molar-refractivity contribution in [1.82, 2.24) is 0 Å². The highest BCUT2D eigenvalue weighted by molar-refractivity contribution is 5.25. The first-order chi connectivity index (χ1) is 13.8. The van der Waals surface area contributed by atoms with Crippen LogP contribution < -0.4 is 0 Å². The Balaban J connectivity index is 1.51. The van der Waals surface area contributed by atoms with Gasteiger partial charge in [-0.15, -0.1) is 0 Å². The van der Waals surface area contributed by atoms with Crippen LogP contribution in [0, 0.1) is 46.3 Å². The summed E-state index contributed by atoms with van der Waals surface area (Å²) < 4.78 is 0. The summed E-state index contributed by atoms with van der Waals surface area (Å²) in [6, 6.07) is 0. The van der Waals surface area contributed by atoms with Crippen LogP contribution in [-0.2, 0) is 0 Å². The molecular formula is C27H46O2. The molecular weight excluding hydrogens is 356 g/mol. The average Bonchev–Trinajstić information content (AvgIpc) is 3.03. The van der Waals surface area contributed by atoms with Crippen molar-refractivity contribution in [1.29, 1.82) is 0 Å². The average molecular weight is 403 g/mol. The van der Waals surface area contributed by atoms with Gasteiger partial charge in [0.25, 0.3) is 0 Å². The molecule has 0 amide bonds. The predicted molar refractivity (Wildman–Crippen MR) is 120 cm³/mol. The van der Waals surface area contributed by atoms with E-state index in [9.17, 15) is 10.2 Å². The van der Waals surface area contributed by atoms with Crippen molar-refractivity contribution in [3.05, 3.63) is 11.6 Å². The highest BCUT2D eigenvalue weighted by atomic mass is 16.3. The zero-order chi connectivity index (χ0) is 20.8. The molecule has 0 aromatic rings. The molecule has 2 N–H and O–H groups in total. The monoisotopic (exact) mass is 402 g/mol. The predicted octanol–water partition coefficient (Wildman–Crippen LogP) is 6.36. The Labute approximate surface area is 179 Å². The van der Waals surface area contributed by atoms with Crippen LogP contribution in [0.4, 0.5) is 0 Å². The second-order valence-electron chi connectivity index (χ2n) is 12.2. The topological polar surface area (TPSA) is 40.5 Å². The minimum absolute atomic E-state index is 0.105. The summed E-state index contributed by atoms with van der Waals surface area (Å²) in [7, 11) is 0. The van der Waals surface area contributed by atoms with Gasteiger partial charge in [0, 0.05) is 6.61 Å². The van der Waals surface area contributed by atoms with Crippen LogP contribution in [0.3, 0.4) is 0 Å². The maximum Gasteiger partial charge on any atom is 0.0577 e. The third-order valence-electron chi connectivity index (χ3n) is 10.3. The van der Waals surface area contributed by atoms with Gasteiger partial charge >= 0.3 is 0 Å². The van der Waals surface area contributed by atoms with Gasteiger partial charge in [0.15, 0.2) is 0 Å². The third-order valence-corrected chi connectivity index (χ3v) is 10.3. The molecule has 0 aromatic carbocycles. The van der Waals surface area contributed by atoms with Crippen LogP contribution in [0.2, 0.25) is 0 Å². The molecule has 2 nitrogen and oxygen atoms in total. The van der Waals surface area contributed by atoms with Gasteiger partial charge in [-0.05, 0) is 104 Å². The fourth-order valence-corrected chi connectivity index (χ4v) is 8.66. The molecule has 0 radical (unpaired) electrons. The highest BCUT2D eigenvalue weighted by Gasteiger charge is 2.59. The Hall–Kier alpha value is -0.340. The van der Waals surface area contributed by atoms with Gasteiger partial charge < -0.3 is 10.2 Å². The summed E-state index contributed by atoms with van der Waals surface area (Å²) in [5.41, 5.74) is 2.36. The van der Waals surface area contributed by atoms with Crippen molar-refractivity contribution in [3.63, 3.8) is 0 Å². The third kappa shape index (κ3) is 3.75. The normalized spacial score (nSPS) is 45.3. The maximum absolute atomic E-state index is 10.3. The number of fused-ring (bicyclic) bond motifs is 5.